The molecule has 28 heavy (non-hydrogen) atoms. The lowest BCUT2D eigenvalue weighted by Crippen LogP contribution is -2.38. The SMILES string of the molecule is Cn1cc(C2CN(C(=O)c3cc(-c4cccs4)[nH]n3)Cc3ccccc32)cn1. The molecule has 1 aromatic carbocycles. The molecule has 0 spiro atoms. The fraction of sp³-hybridized carbons (Fsp3) is 0.190. The van der Waals surface area contributed by atoms with E-state index >= 15 is 0 Å². The van der Waals surface area contributed by atoms with Gasteiger partial charge in [-0.25, -0.2) is 0 Å². The molecule has 0 aliphatic carbocycles. The standard InChI is InChI=1S/C21H19N5OS/c1-25-11-15(10-22-25)17-13-26(12-14-5-2-3-6-16(14)17)21(27)19-9-18(23-24-19)20-7-4-8-28-20/h2-11,17H,12-13H2,1H3,(H,23,24). The highest BCUT2D eigenvalue weighted by molar-refractivity contribution is 7.13. The van der Waals surface area contributed by atoms with Gasteiger partial charge in [-0.05, 0) is 34.2 Å². The molecule has 1 unspecified atom stereocenters. The minimum atomic E-state index is -0.0533. The molecule has 7 heteroatoms. The summed E-state index contributed by atoms with van der Waals surface area (Å²) >= 11 is 1.62. The van der Waals surface area contributed by atoms with Crippen LogP contribution in [0, 0.1) is 0 Å². The number of fused-ring (bicyclic) bond motifs is 1. The number of nitrogens with zero attached hydrogens (tertiary/aromatic N) is 4. The average Bonchev–Trinajstić information content (AvgIpc) is 3.47. The Hall–Kier alpha value is -3.19. The van der Waals surface area contributed by atoms with Crippen LogP contribution in [0.15, 0.2) is 60.2 Å². The van der Waals surface area contributed by atoms with Crippen molar-refractivity contribution in [2.75, 3.05) is 6.54 Å². The van der Waals surface area contributed by atoms with Crippen molar-refractivity contribution in [3.8, 4) is 10.6 Å². The number of aryl methyl sites for hydroxylation is 1. The van der Waals surface area contributed by atoms with Crippen molar-refractivity contribution in [3.05, 3.63) is 82.6 Å². The van der Waals surface area contributed by atoms with Gasteiger partial charge >= 0.3 is 0 Å². The second-order valence-electron chi connectivity index (χ2n) is 7.03. The Morgan fingerprint density at radius 3 is 2.93 bits per heavy atom. The summed E-state index contributed by atoms with van der Waals surface area (Å²) in [6.07, 6.45) is 3.91. The molecular weight excluding hydrogens is 370 g/mol. The van der Waals surface area contributed by atoms with E-state index in [9.17, 15) is 4.79 Å². The number of H-pyrrole nitrogens is 1. The zero-order valence-corrected chi connectivity index (χ0v) is 16.2. The van der Waals surface area contributed by atoms with E-state index in [2.05, 4.69) is 33.5 Å². The minimum absolute atomic E-state index is 0.0533. The van der Waals surface area contributed by atoms with E-state index in [1.54, 1.807) is 16.0 Å². The van der Waals surface area contributed by atoms with E-state index in [1.165, 1.54) is 11.1 Å². The number of hydrogen-bond acceptors (Lipinski definition) is 4. The van der Waals surface area contributed by atoms with Gasteiger partial charge in [0.15, 0.2) is 5.69 Å². The van der Waals surface area contributed by atoms with Gasteiger partial charge in [-0.2, -0.15) is 10.2 Å². The lowest BCUT2D eigenvalue weighted by Gasteiger charge is -2.34. The molecule has 0 radical (unpaired) electrons. The Balaban J connectivity index is 1.47. The maximum absolute atomic E-state index is 13.2. The summed E-state index contributed by atoms with van der Waals surface area (Å²) in [5, 5.41) is 13.6. The molecule has 1 atom stereocenters. The molecular formula is C21H19N5OS. The van der Waals surface area contributed by atoms with E-state index in [-0.39, 0.29) is 11.8 Å². The summed E-state index contributed by atoms with van der Waals surface area (Å²) in [5.41, 5.74) is 4.88. The van der Waals surface area contributed by atoms with Crippen molar-refractivity contribution in [2.24, 2.45) is 7.05 Å². The zero-order valence-electron chi connectivity index (χ0n) is 15.4. The van der Waals surface area contributed by atoms with Crippen LogP contribution in [0.2, 0.25) is 0 Å². The summed E-state index contributed by atoms with van der Waals surface area (Å²) in [7, 11) is 1.91. The molecule has 4 aromatic rings. The normalized spacial score (nSPS) is 16.2. The Bertz CT molecular complexity index is 1130. The molecule has 5 rings (SSSR count). The minimum Gasteiger partial charge on any atom is -0.332 e. The first-order chi connectivity index (χ1) is 13.7. The van der Waals surface area contributed by atoms with Crippen LogP contribution in [0.1, 0.15) is 33.1 Å². The second-order valence-corrected chi connectivity index (χ2v) is 7.98. The van der Waals surface area contributed by atoms with E-state index in [0.29, 0.717) is 18.8 Å². The number of thiophene rings is 1. The Morgan fingerprint density at radius 1 is 1.25 bits per heavy atom. The van der Waals surface area contributed by atoms with Gasteiger partial charge in [-0.3, -0.25) is 14.6 Å². The maximum Gasteiger partial charge on any atom is 0.274 e. The quantitative estimate of drug-likeness (QED) is 0.581. The fourth-order valence-electron chi connectivity index (χ4n) is 3.82. The summed E-state index contributed by atoms with van der Waals surface area (Å²) in [4.78, 5) is 16.2. The largest absolute Gasteiger partial charge is 0.332 e. The molecule has 0 saturated carbocycles. The molecule has 0 fully saturated rings. The molecule has 1 aliphatic rings. The number of hydrogen-bond donors (Lipinski definition) is 1. The van der Waals surface area contributed by atoms with Crippen LogP contribution in [0.5, 0.6) is 0 Å². The number of benzene rings is 1. The first-order valence-electron chi connectivity index (χ1n) is 9.14. The third-order valence-corrected chi connectivity index (χ3v) is 6.10. The molecule has 140 valence electrons. The van der Waals surface area contributed by atoms with Crippen LogP contribution in [0.25, 0.3) is 10.6 Å². The van der Waals surface area contributed by atoms with Crippen LogP contribution in [-0.2, 0) is 13.6 Å². The van der Waals surface area contributed by atoms with Gasteiger partial charge in [-0.15, -0.1) is 11.3 Å². The lowest BCUT2D eigenvalue weighted by atomic mass is 9.86. The van der Waals surface area contributed by atoms with Crippen LogP contribution in [-0.4, -0.2) is 37.3 Å². The number of carbonyl (C=O) groups is 1. The van der Waals surface area contributed by atoms with Crippen molar-refractivity contribution in [2.45, 2.75) is 12.5 Å². The summed E-state index contributed by atoms with van der Waals surface area (Å²) in [6, 6.07) is 14.2. The summed E-state index contributed by atoms with van der Waals surface area (Å²) in [5.74, 6) is 0.0563. The molecule has 1 amide bonds. The van der Waals surface area contributed by atoms with Gasteiger partial charge in [0, 0.05) is 32.3 Å². The molecule has 0 bridgehead atoms. The van der Waals surface area contributed by atoms with Crippen LogP contribution in [0.3, 0.4) is 0 Å². The predicted molar refractivity (Wildman–Crippen MR) is 108 cm³/mol. The lowest BCUT2D eigenvalue weighted by molar-refractivity contribution is 0.0719. The number of aromatic amines is 1. The Kier molecular flexibility index (Phi) is 4.09. The van der Waals surface area contributed by atoms with Crippen LogP contribution >= 0.6 is 11.3 Å². The van der Waals surface area contributed by atoms with Crippen molar-refractivity contribution in [3.63, 3.8) is 0 Å². The van der Waals surface area contributed by atoms with Gasteiger partial charge in [0.25, 0.3) is 5.91 Å². The fourth-order valence-corrected chi connectivity index (χ4v) is 4.51. The average molecular weight is 389 g/mol. The molecule has 0 saturated heterocycles. The Morgan fingerprint density at radius 2 is 2.14 bits per heavy atom. The number of rotatable bonds is 3. The first-order valence-corrected chi connectivity index (χ1v) is 10.0. The van der Waals surface area contributed by atoms with Gasteiger partial charge < -0.3 is 4.90 Å². The Labute approximate surface area is 166 Å². The first kappa shape index (κ1) is 16.9. The maximum atomic E-state index is 13.2. The highest BCUT2D eigenvalue weighted by Gasteiger charge is 2.31. The summed E-state index contributed by atoms with van der Waals surface area (Å²) in [6.45, 7) is 1.20. The van der Waals surface area contributed by atoms with Crippen LogP contribution < -0.4 is 0 Å². The van der Waals surface area contributed by atoms with Crippen molar-refractivity contribution in [1.82, 2.24) is 24.9 Å². The molecule has 6 nitrogen and oxygen atoms in total. The van der Waals surface area contributed by atoms with E-state index in [0.717, 1.165) is 16.1 Å². The third kappa shape index (κ3) is 2.93. The van der Waals surface area contributed by atoms with Crippen molar-refractivity contribution in [1.29, 1.82) is 0 Å². The number of carbonyl (C=O) groups excluding carboxylic acids is 1. The summed E-state index contributed by atoms with van der Waals surface area (Å²) < 4.78 is 1.81. The van der Waals surface area contributed by atoms with E-state index < -0.39 is 0 Å². The monoisotopic (exact) mass is 389 g/mol. The molecule has 3 aromatic heterocycles. The number of amides is 1. The van der Waals surface area contributed by atoms with Gasteiger partial charge in [-0.1, -0.05) is 30.3 Å². The van der Waals surface area contributed by atoms with Crippen LogP contribution in [0.4, 0.5) is 0 Å². The van der Waals surface area contributed by atoms with Gasteiger partial charge in [0.1, 0.15) is 0 Å². The smallest absolute Gasteiger partial charge is 0.274 e. The van der Waals surface area contributed by atoms with Crippen molar-refractivity contribution < 1.29 is 4.79 Å². The highest BCUT2D eigenvalue weighted by Crippen LogP contribution is 2.34. The third-order valence-electron chi connectivity index (χ3n) is 5.19. The number of nitrogens with one attached hydrogen (secondary N) is 1. The topological polar surface area (TPSA) is 66.8 Å². The molecule has 4 heterocycles. The van der Waals surface area contributed by atoms with Gasteiger partial charge in [0.2, 0.25) is 0 Å². The van der Waals surface area contributed by atoms with Gasteiger partial charge in [0.05, 0.1) is 16.8 Å². The highest BCUT2D eigenvalue weighted by atomic mass is 32.1. The molecule has 1 N–H and O–H groups in total. The number of aromatic nitrogens is 4. The van der Waals surface area contributed by atoms with E-state index in [4.69, 9.17) is 0 Å². The predicted octanol–water partition coefficient (Wildman–Crippen LogP) is 3.66. The van der Waals surface area contributed by atoms with Crippen molar-refractivity contribution >= 4 is 17.2 Å². The van der Waals surface area contributed by atoms with E-state index in [1.807, 2.05) is 54.0 Å². The molecule has 1 aliphatic heterocycles. The zero-order chi connectivity index (χ0) is 19.1. The second kappa shape index (κ2) is 6.76.